The molecule has 1 aromatic carbocycles. The van der Waals surface area contributed by atoms with Crippen molar-refractivity contribution < 1.29 is 0 Å². The minimum atomic E-state index is 0.342. The number of rotatable bonds is 2. The van der Waals surface area contributed by atoms with Crippen LogP contribution < -0.4 is 5.73 Å². The number of hydrogen-bond acceptors (Lipinski definition) is 4. The van der Waals surface area contributed by atoms with Gasteiger partial charge in [-0.25, -0.2) is 9.67 Å². The van der Waals surface area contributed by atoms with Crippen LogP contribution in [0.15, 0.2) is 55.0 Å². The molecular formula is C15H11N5. The van der Waals surface area contributed by atoms with Gasteiger partial charge in [0.05, 0.1) is 6.20 Å². The molecule has 0 bridgehead atoms. The van der Waals surface area contributed by atoms with Crippen molar-refractivity contribution in [3.8, 4) is 22.9 Å². The highest BCUT2D eigenvalue weighted by atomic mass is 15.3. The molecule has 5 heteroatoms. The summed E-state index contributed by atoms with van der Waals surface area (Å²) in [5, 5.41) is 13.4. The first kappa shape index (κ1) is 11.9. The average Bonchev–Trinajstić information content (AvgIpc) is 2.97. The summed E-state index contributed by atoms with van der Waals surface area (Å²) in [6, 6.07) is 13.2. The lowest BCUT2D eigenvalue weighted by atomic mass is 10.1. The molecule has 0 aliphatic rings. The summed E-state index contributed by atoms with van der Waals surface area (Å²) >= 11 is 0. The highest BCUT2D eigenvalue weighted by Crippen LogP contribution is 2.22. The van der Waals surface area contributed by atoms with Crippen molar-refractivity contribution in [1.82, 2.24) is 14.8 Å². The number of nitrogen functional groups attached to an aromatic ring is 1. The van der Waals surface area contributed by atoms with Crippen LogP contribution in [-0.4, -0.2) is 14.8 Å². The fraction of sp³-hybridized carbons (Fsp3) is 0. The number of pyridine rings is 1. The van der Waals surface area contributed by atoms with E-state index in [9.17, 15) is 0 Å². The van der Waals surface area contributed by atoms with Crippen LogP contribution in [0.1, 0.15) is 5.69 Å². The van der Waals surface area contributed by atoms with E-state index in [1.807, 2.05) is 36.5 Å². The van der Waals surface area contributed by atoms with Crippen molar-refractivity contribution in [2.24, 2.45) is 0 Å². The highest BCUT2D eigenvalue weighted by Gasteiger charge is 2.08. The maximum Gasteiger partial charge on any atom is 0.166 e. The molecule has 0 unspecified atom stereocenters. The third-order valence-electron chi connectivity index (χ3n) is 2.94. The molecule has 0 spiro atoms. The van der Waals surface area contributed by atoms with E-state index in [0.29, 0.717) is 17.1 Å². The van der Waals surface area contributed by atoms with Crippen LogP contribution in [0.2, 0.25) is 0 Å². The molecule has 0 fully saturated rings. The Morgan fingerprint density at radius 3 is 2.85 bits per heavy atom. The molecule has 2 aromatic heterocycles. The van der Waals surface area contributed by atoms with Crippen molar-refractivity contribution in [2.75, 3.05) is 5.73 Å². The van der Waals surface area contributed by atoms with Gasteiger partial charge in [-0.3, -0.25) is 0 Å². The third-order valence-corrected chi connectivity index (χ3v) is 2.94. The van der Waals surface area contributed by atoms with Gasteiger partial charge in [0.2, 0.25) is 0 Å². The van der Waals surface area contributed by atoms with Crippen molar-refractivity contribution in [2.45, 2.75) is 0 Å². The van der Waals surface area contributed by atoms with Crippen molar-refractivity contribution >= 4 is 5.69 Å². The summed E-state index contributed by atoms with van der Waals surface area (Å²) in [5.41, 5.74) is 9.40. The number of aromatic nitrogens is 3. The van der Waals surface area contributed by atoms with E-state index in [0.717, 1.165) is 11.1 Å². The van der Waals surface area contributed by atoms with E-state index in [1.54, 1.807) is 23.1 Å². The molecule has 3 rings (SSSR count). The van der Waals surface area contributed by atoms with Crippen molar-refractivity contribution in [1.29, 1.82) is 5.26 Å². The van der Waals surface area contributed by atoms with E-state index in [4.69, 9.17) is 11.0 Å². The number of nitrogens with zero attached hydrogens (tertiary/aromatic N) is 4. The Morgan fingerprint density at radius 1 is 1.15 bits per heavy atom. The molecule has 96 valence electrons. The van der Waals surface area contributed by atoms with Gasteiger partial charge >= 0.3 is 0 Å². The molecular weight excluding hydrogens is 250 g/mol. The molecule has 0 aliphatic heterocycles. The van der Waals surface area contributed by atoms with Gasteiger partial charge in [-0.05, 0) is 29.8 Å². The van der Waals surface area contributed by atoms with Crippen molar-refractivity contribution in [3.05, 3.63) is 60.7 Å². The predicted octanol–water partition coefficient (Wildman–Crippen LogP) is 2.39. The van der Waals surface area contributed by atoms with Crippen LogP contribution in [0.5, 0.6) is 0 Å². The number of benzene rings is 1. The lowest BCUT2D eigenvalue weighted by molar-refractivity contribution is 0.869. The van der Waals surface area contributed by atoms with Crippen molar-refractivity contribution in [3.63, 3.8) is 0 Å². The molecule has 0 amide bonds. The number of nitrogens with two attached hydrogens (primary N) is 1. The van der Waals surface area contributed by atoms with Gasteiger partial charge in [-0.15, -0.1) is 0 Å². The van der Waals surface area contributed by atoms with Crippen LogP contribution in [0.25, 0.3) is 16.8 Å². The van der Waals surface area contributed by atoms with Gasteiger partial charge < -0.3 is 5.73 Å². The van der Waals surface area contributed by atoms with Gasteiger partial charge in [0.1, 0.15) is 11.8 Å². The number of anilines is 1. The second kappa shape index (κ2) is 4.86. The lowest BCUT2D eigenvalue weighted by Gasteiger charge is -2.02. The topological polar surface area (TPSA) is 80.5 Å². The first-order chi connectivity index (χ1) is 9.78. The van der Waals surface area contributed by atoms with Crippen LogP contribution in [0.3, 0.4) is 0 Å². The van der Waals surface area contributed by atoms with E-state index in [-0.39, 0.29) is 0 Å². The number of nitriles is 1. The quantitative estimate of drug-likeness (QED) is 0.718. The molecule has 20 heavy (non-hydrogen) atoms. The summed E-state index contributed by atoms with van der Waals surface area (Å²) < 4.78 is 1.64. The summed E-state index contributed by atoms with van der Waals surface area (Å²) in [7, 11) is 0. The van der Waals surface area contributed by atoms with Gasteiger partial charge in [-0.2, -0.15) is 10.4 Å². The second-order valence-electron chi connectivity index (χ2n) is 4.28. The Kier molecular flexibility index (Phi) is 2.90. The summed E-state index contributed by atoms with van der Waals surface area (Å²) in [5.74, 6) is 0. The molecule has 0 saturated heterocycles. The fourth-order valence-corrected chi connectivity index (χ4v) is 1.99. The summed E-state index contributed by atoms with van der Waals surface area (Å²) in [6.45, 7) is 0. The van der Waals surface area contributed by atoms with E-state index in [2.05, 4.69) is 16.2 Å². The van der Waals surface area contributed by atoms with Crippen LogP contribution >= 0.6 is 0 Å². The normalized spacial score (nSPS) is 10.2. The molecule has 5 nitrogen and oxygen atoms in total. The maximum atomic E-state index is 9.07. The Morgan fingerprint density at radius 2 is 2.05 bits per heavy atom. The second-order valence-corrected chi connectivity index (χ2v) is 4.28. The van der Waals surface area contributed by atoms with Gasteiger partial charge in [-0.1, -0.05) is 12.1 Å². The van der Waals surface area contributed by atoms with Crippen LogP contribution in [0, 0.1) is 11.3 Å². The first-order valence-electron chi connectivity index (χ1n) is 6.04. The predicted molar refractivity (Wildman–Crippen MR) is 75.9 cm³/mol. The maximum absolute atomic E-state index is 9.07. The zero-order chi connectivity index (χ0) is 13.9. The SMILES string of the molecule is N#Cc1ncccc1-n1cc(-c2cccc(N)c2)cn1. The Bertz CT molecular complexity index is 798. The minimum absolute atomic E-state index is 0.342. The molecule has 2 heterocycles. The van der Waals surface area contributed by atoms with Gasteiger partial charge in [0.15, 0.2) is 5.69 Å². The minimum Gasteiger partial charge on any atom is -0.399 e. The molecule has 3 aromatic rings. The Hall–Kier alpha value is -3.13. The molecule has 2 N–H and O–H groups in total. The van der Waals surface area contributed by atoms with Gasteiger partial charge in [0, 0.05) is 23.6 Å². The molecule has 0 aliphatic carbocycles. The standard InChI is InChI=1S/C15H11N5/c16-8-14-15(5-2-6-18-14)20-10-12(9-19-20)11-3-1-4-13(17)7-11/h1-7,9-10H,17H2. The third kappa shape index (κ3) is 2.10. The van der Waals surface area contributed by atoms with E-state index >= 15 is 0 Å². The number of hydrogen-bond donors (Lipinski definition) is 1. The van der Waals surface area contributed by atoms with E-state index in [1.165, 1.54) is 0 Å². The molecule has 0 saturated carbocycles. The largest absolute Gasteiger partial charge is 0.399 e. The van der Waals surface area contributed by atoms with Crippen LogP contribution in [0.4, 0.5) is 5.69 Å². The average molecular weight is 261 g/mol. The molecule has 0 atom stereocenters. The summed E-state index contributed by atoms with van der Waals surface area (Å²) in [4.78, 5) is 4.03. The fourth-order valence-electron chi connectivity index (χ4n) is 1.99. The monoisotopic (exact) mass is 261 g/mol. The lowest BCUT2D eigenvalue weighted by Crippen LogP contribution is -1.99. The van der Waals surface area contributed by atoms with Gasteiger partial charge in [0.25, 0.3) is 0 Å². The smallest absolute Gasteiger partial charge is 0.166 e. The van der Waals surface area contributed by atoms with E-state index < -0.39 is 0 Å². The zero-order valence-electron chi connectivity index (χ0n) is 10.6. The first-order valence-corrected chi connectivity index (χ1v) is 6.04. The zero-order valence-corrected chi connectivity index (χ0v) is 10.6. The molecule has 0 radical (unpaired) electrons. The van der Waals surface area contributed by atoms with Crippen LogP contribution in [-0.2, 0) is 0 Å². The summed E-state index contributed by atoms with van der Waals surface area (Å²) in [6.07, 6.45) is 5.18. The Labute approximate surface area is 115 Å². The highest BCUT2D eigenvalue weighted by molar-refractivity contribution is 5.66. The Balaban J connectivity index is 2.05.